The van der Waals surface area contributed by atoms with Crippen LogP contribution >= 0.6 is 0 Å². The van der Waals surface area contributed by atoms with Gasteiger partial charge in [-0.2, -0.15) is 0 Å². The van der Waals surface area contributed by atoms with Gasteiger partial charge in [-0.3, -0.25) is 4.79 Å². The van der Waals surface area contributed by atoms with Gasteiger partial charge in [0.25, 0.3) is 0 Å². The van der Waals surface area contributed by atoms with Crippen molar-refractivity contribution < 1.29 is 23.6 Å². The third kappa shape index (κ3) is 3.60. The van der Waals surface area contributed by atoms with Crippen LogP contribution < -0.4 is 10.2 Å². The first kappa shape index (κ1) is 16.5. The second kappa shape index (κ2) is 6.63. The average molecular weight is 318 g/mol. The van der Waals surface area contributed by atoms with Gasteiger partial charge in [-0.1, -0.05) is 13.8 Å². The minimum absolute atomic E-state index is 0.0122. The molecule has 5 nitrogen and oxygen atoms in total. The monoisotopic (exact) mass is 318 g/mol. The summed E-state index contributed by atoms with van der Waals surface area (Å²) in [5.74, 6) is 1.16. The number of carbonyl (C=O) groups excluding carboxylic acids is 1. The van der Waals surface area contributed by atoms with Crippen molar-refractivity contribution in [1.82, 2.24) is 0 Å². The molecule has 1 aromatic carbocycles. The van der Waals surface area contributed by atoms with Gasteiger partial charge >= 0.3 is 7.12 Å². The zero-order valence-electron chi connectivity index (χ0n) is 14.0. The van der Waals surface area contributed by atoms with Crippen molar-refractivity contribution in [2.75, 3.05) is 27.1 Å². The number of hydrogen-bond acceptors (Lipinski definition) is 5. The highest BCUT2D eigenvalue weighted by molar-refractivity contribution is 6.63. The Morgan fingerprint density at radius 2 is 2.00 bits per heavy atom. The lowest BCUT2D eigenvalue weighted by molar-refractivity contribution is 0.0339. The highest BCUT2D eigenvalue weighted by Gasteiger charge is 2.40. The molecule has 2 aliphatic rings. The summed E-state index contributed by atoms with van der Waals surface area (Å²) in [6, 6.07) is 3.61. The largest absolute Gasteiger partial charge is 0.495 e. The minimum atomic E-state index is -0.509. The van der Waals surface area contributed by atoms with Gasteiger partial charge in [0, 0.05) is 36.8 Å². The van der Waals surface area contributed by atoms with Gasteiger partial charge in [-0.25, -0.2) is 0 Å². The second-order valence-corrected chi connectivity index (χ2v) is 7.04. The summed E-state index contributed by atoms with van der Waals surface area (Å²) in [6.07, 6.45) is 3.06. The van der Waals surface area contributed by atoms with Crippen molar-refractivity contribution in [2.45, 2.75) is 32.6 Å². The molecule has 23 heavy (non-hydrogen) atoms. The Kier molecular flexibility index (Phi) is 4.76. The molecule has 1 aliphatic heterocycles. The van der Waals surface area contributed by atoms with Gasteiger partial charge in [-0.05, 0) is 36.5 Å². The molecule has 124 valence electrons. The Morgan fingerprint density at radius 3 is 2.57 bits per heavy atom. The quantitative estimate of drug-likeness (QED) is 0.457. The van der Waals surface area contributed by atoms with E-state index in [-0.39, 0.29) is 12.2 Å². The average Bonchev–Trinajstić information content (AvgIpc) is 3.37. The van der Waals surface area contributed by atoms with E-state index in [0.717, 1.165) is 35.9 Å². The maximum Gasteiger partial charge on any atom is 0.495 e. The van der Waals surface area contributed by atoms with Crippen LogP contribution in [0.3, 0.4) is 0 Å². The molecular formula is C17H23BO5. The number of benzene rings is 1. The summed E-state index contributed by atoms with van der Waals surface area (Å²) in [5.41, 5.74) is 2.46. The third-order valence-electron chi connectivity index (χ3n) is 4.21. The van der Waals surface area contributed by atoms with Gasteiger partial charge in [-0.15, -0.1) is 0 Å². The minimum Gasteiger partial charge on any atom is -0.467 e. The molecule has 1 heterocycles. The molecule has 0 amide bonds. The molecule has 1 aromatic rings. The van der Waals surface area contributed by atoms with Crippen LogP contribution in [-0.2, 0) is 14.0 Å². The van der Waals surface area contributed by atoms with E-state index in [1.54, 1.807) is 13.2 Å². The zero-order valence-corrected chi connectivity index (χ0v) is 14.0. The molecule has 0 radical (unpaired) electrons. The van der Waals surface area contributed by atoms with Crippen molar-refractivity contribution >= 4 is 18.9 Å². The first-order valence-corrected chi connectivity index (χ1v) is 8.02. The lowest BCUT2D eigenvalue weighted by Gasteiger charge is -2.34. The van der Waals surface area contributed by atoms with Crippen LogP contribution in [0.5, 0.6) is 5.75 Å². The molecule has 0 spiro atoms. The molecule has 6 heteroatoms. The molecule has 0 bridgehead atoms. The Bertz CT molecular complexity index is 573. The van der Waals surface area contributed by atoms with Crippen LogP contribution in [0.2, 0.25) is 0 Å². The maximum absolute atomic E-state index is 11.5. The first-order valence-electron chi connectivity index (χ1n) is 8.02. The Morgan fingerprint density at radius 1 is 1.30 bits per heavy atom. The van der Waals surface area contributed by atoms with Crippen LogP contribution in [0.25, 0.3) is 0 Å². The number of ether oxygens (including phenoxy) is 2. The van der Waals surface area contributed by atoms with Crippen molar-refractivity contribution in [2.24, 2.45) is 5.41 Å². The molecule has 1 saturated heterocycles. The van der Waals surface area contributed by atoms with E-state index < -0.39 is 7.12 Å². The summed E-state index contributed by atoms with van der Waals surface area (Å²) in [6.45, 7) is 5.58. The van der Waals surface area contributed by atoms with E-state index in [1.165, 1.54) is 0 Å². The summed E-state index contributed by atoms with van der Waals surface area (Å²) in [5, 5.41) is 0. The van der Waals surface area contributed by atoms with Crippen LogP contribution in [-0.4, -0.2) is 40.5 Å². The van der Waals surface area contributed by atoms with E-state index in [9.17, 15) is 4.79 Å². The van der Waals surface area contributed by atoms with Gasteiger partial charge in [0.2, 0.25) is 0 Å². The third-order valence-corrected chi connectivity index (χ3v) is 4.21. The molecule has 0 atom stereocenters. The molecule has 2 fully saturated rings. The fraction of sp³-hybridized carbons (Fsp3) is 0.588. The van der Waals surface area contributed by atoms with Crippen LogP contribution in [0.1, 0.15) is 48.5 Å². The topological polar surface area (TPSA) is 54.0 Å². The Labute approximate surface area is 137 Å². The smallest absolute Gasteiger partial charge is 0.467 e. The number of hydrogen-bond donors (Lipinski definition) is 0. The molecule has 1 aliphatic carbocycles. The normalized spacial score (nSPS) is 20.4. The maximum atomic E-state index is 11.5. The van der Waals surface area contributed by atoms with Crippen LogP contribution in [0.15, 0.2) is 12.1 Å². The molecule has 0 aromatic heterocycles. The first-order chi connectivity index (χ1) is 11.1. The molecule has 3 rings (SSSR count). The van der Waals surface area contributed by atoms with Crippen LogP contribution in [0, 0.1) is 5.41 Å². The molecule has 1 saturated carbocycles. The fourth-order valence-corrected chi connectivity index (χ4v) is 2.90. The number of rotatable bonds is 6. The summed E-state index contributed by atoms with van der Waals surface area (Å²) in [4.78, 5) is 11.5. The van der Waals surface area contributed by atoms with Gasteiger partial charge in [0.1, 0.15) is 12.0 Å². The van der Waals surface area contributed by atoms with Crippen LogP contribution in [0.4, 0.5) is 0 Å². The van der Waals surface area contributed by atoms with E-state index in [1.807, 2.05) is 6.07 Å². The number of methoxy groups -OCH3 is 1. The predicted octanol–water partition coefficient (Wildman–Crippen LogP) is 2.13. The lowest BCUT2D eigenvalue weighted by Crippen LogP contribution is -2.49. The molecule has 0 N–H and O–H groups in total. The second-order valence-electron chi connectivity index (χ2n) is 7.04. The van der Waals surface area contributed by atoms with Gasteiger partial charge < -0.3 is 18.8 Å². The van der Waals surface area contributed by atoms with Crippen molar-refractivity contribution in [3.63, 3.8) is 0 Å². The standard InChI is InChI=1S/C17H23BO5/c1-17(2)9-22-18(23-10-17)16-13(8-19)6-7-14(21-11-20-3)15(16)12-4-5-12/h6-8,12H,4-5,9-11H2,1-3H3. The SMILES string of the molecule is COCOc1ccc(C=O)c(B2OCC(C)(C)CO2)c1C1CC1. The fourth-order valence-electron chi connectivity index (χ4n) is 2.90. The molecule has 0 unspecified atom stereocenters. The summed E-state index contributed by atoms with van der Waals surface area (Å²) < 4.78 is 22.6. The van der Waals surface area contributed by atoms with E-state index in [2.05, 4.69) is 13.8 Å². The summed E-state index contributed by atoms with van der Waals surface area (Å²) >= 11 is 0. The summed E-state index contributed by atoms with van der Waals surface area (Å²) in [7, 11) is 1.08. The van der Waals surface area contributed by atoms with Gasteiger partial charge in [0.05, 0.1) is 0 Å². The highest BCUT2D eigenvalue weighted by atomic mass is 16.7. The van der Waals surface area contributed by atoms with E-state index in [4.69, 9.17) is 18.8 Å². The zero-order chi connectivity index (χ0) is 16.4. The van der Waals surface area contributed by atoms with E-state index >= 15 is 0 Å². The number of aldehydes is 1. The lowest BCUT2D eigenvalue weighted by atomic mass is 9.70. The van der Waals surface area contributed by atoms with Crippen molar-refractivity contribution in [3.8, 4) is 5.75 Å². The Hall–Kier alpha value is -1.37. The number of carbonyl (C=O) groups is 1. The predicted molar refractivity (Wildman–Crippen MR) is 87.4 cm³/mol. The Balaban J connectivity index is 1.97. The molecular weight excluding hydrogens is 295 g/mol. The van der Waals surface area contributed by atoms with Crippen molar-refractivity contribution in [3.05, 3.63) is 23.3 Å². The van der Waals surface area contributed by atoms with Crippen molar-refractivity contribution in [1.29, 1.82) is 0 Å². The highest BCUT2D eigenvalue weighted by Crippen LogP contribution is 2.44. The van der Waals surface area contributed by atoms with Gasteiger partial charge in [0.15, 0.2) is 6.79 Å². The van der Waals surface area contributed by atoms with E-state index in [0.29, 0.717) is 24.7 Å².